The van der Waals surface area contributed by atoms with Crippen LogP contribution in [0.5, 0.6) is 0 Å². The van der Waals surface area contributed by atoms with Crippen molar-refractivity contribution in [3.8, 4) is 11.1 Å². The highest BCUT2D eigenvalue weighted by Gasteiger charge is 2.24. The fraction of sp³-hybridized carbons (Fsp3) is 0.300. The van der Waals surface area contributed by atoms with E-state index in [4.69, 9.17) is 4.74 Å². The second kappa shape index (κ2) is 7.83. The lowest BCUT2D eigenvalue weighted by Gasteiger charge is -2.24. The molecule has 0 unspecified atom stereocenters. The van der Waals surface area contributed by atoms with Crippen molar-refractivity contribution in [3.05, 3.63) is 60.2 Å². The summed E-state index contributed by atoms with van der Waals surface area (Å²) in [6.45, 7) is 5.28. The van der Waals surface area contributed by atoms with Crippen LogP contribution in [0.3, 0.4) is 0 Å². The number of rotatable bonds is 5. The maximum absolute atomic E-state index is 12.1. The third-order valence-corrected chi connectivity index (χ3v) is 3.49. The average molecular weight is 341 g/mol. The predicted molar refractivity (Wildman–Crippen MR) is 96.2 cm³/mol. The number of amides is 1. The number of carboxylic acid groups (broad SMARTS) is 1. The van der Waals surface area contributed by atoms with Gasteiger partial charge in [-0.1, -0.05) is 54.6 Å². The minimum Gasteiger partial charge on any atom is -0.481 e. The Balaban J connectivity index is 2.35. The normalized spacial score (nSPS) is 12.3. The van der Waals surface area contributed by atoms with E-state index in [1.807, 2.05) is 54.6 Å². The summed E-state index contributed by atoms with van der Waals surface area (Å²) >= 11 is 0. The zero-order chi connectivity index (χ0) is 18.4. The van der Waals surface area contributed by atoms with Gasteiger partial charge in [0.05, 0.1) is 12.5 Å². The Hall–Kier alpha value is -2.82. The molecular weight excluding hydrogens is 318 g/mol. The molecule has 0 aliphatic carbocycles. The summed E-state index contributed by atoms with van der Waals surface area (Å²) in [6.07, 6.45) is -0.870. The van der Waals surface area contributed by atoms with Gasteiger partial charge in [-0.25, -0.2) is 4.79 Å². The van der Waals surface area contributed by atoms with Crippen LogP contribution in [0, 0.1) is 0 Å². The van der Waals surface area contributed by atoms with Gasteiger partial charge >= 0.3 is 12.1 Å². The van der Waals surface area contributed by atoms with Crippen molar-refractivity contribution in [2.45, 2.75) is 38.8 Å². The highest BCUT2D eigenvalue weighted by molar-refractivity contribution is 5.75. The molecule has 25 heavy (non-hydrogen) atoms. The quantitative estimate of drug-likeness (QED) is 0.845. The molecule has 5 nitrogen and oxygen atoms in total. The third-order valence-electron chi connectivity index (χ3n) is 3.49. The maximum atomic E-state index is 12.1. The number of carboxylic acids is 1. The van der Waals surface area contributed by atoms with Crippen LogP contribution >= 0.6 is 0 Å². The second-order valence-corrected chi connectivity index (χ2v) is 6.75. The monoisotopic (exact) mass is 341 g/mol. The molecule has 0 fully saturated rings. The molecule has 0 aliphatic rings. The van der Waals surface area contributed by atoms with Crippen LogP contribution < -0.4 is 5.32 Å². The van der Waals surface area contributed by atoms with Crippen LogP contribution in [0.15, 0.2) is 54.6 Å². The van der Waals surface area contributed by atoms with Gasteiger partial charge in [-0.15, -0.1) is 0 Å². The molecule has 132 valence electrons. The zero-order valence-electron chi connectivity index (χ0n) is 14.7. The highest BCUT2D eigenvalue weighted by Crippen LogP contribution is 2.30. The minimum atomic E-state index is -0.996. The van der Waals surface area contributed by atoms with Crippen molar-refractivity contribution in [3.63, 3.8) is 0 Å². The molecular formula is C20H23NO4. The van der Waals surface area contributed by atoms with Crippen LogP contribution in [-0.2, 0) is 9.53 Å². The van der Waals surface area contributed by atoms with Gasteiger partial charge in [0.15, 0.2) is 0 Å². The van der Waals surface area contributed by atoms with E-state index in [0.29, 0.717) is 0 Å². The Bertz CT molecular complexity index is 735. The number of benzene rings is 2. The molecule has 2 N–H and O–H groups in total. The Morgan fingerprint density at radius 3 is 2.24 bits per heavy atom. The van der Waals surface area contributed by atoms with Gasteiger partial charge in [0.2, 0.25) is 0 Å². The third kappa shape index (κ3) is 5.64. The SMILES string of the molecule is CC(C)(C)OC(=O)N[C@@H](CC(=O)O)c1ccccc1-c1ccccc1. The van der Waals surface area contributed by atoms with Crippen LogP contribution in [0.25, 0.3) is 11.1 Å². The molecule has 2 rings (SSSR count). The van der Waals surface area contributed by atoms with Crippen LogP contribution in [0.1, 0.15) is 38.8 Å². The van der Waals surface area contributed by atoms with Gasteiger partial charge < -0.3 is 15.2 Å². The topological polar surface area (TPSA) is 75.6 Å². The number of carbonyl (C=O) groups is 2. The largest absolute Gasteiger partial charge is 0.481 e. The molecule has 0 heterocycles. The number of aliphatic carboxylic acids is 1. The highest BCUT2D eigenvalue weighted by atomic mass is 16.6. The lowest BCUT2D eigenvalue weighted by atomic mass is 9.93. The molecule has 0 saturated heterocycles. The van der Waals surface area contributed by atoms with Gasteiger partial charge in [0.25, 0.3) is 0 Å². The van der Waals surface area contributed by atoms with Gasteiger partial charge in [-0.2, -0.15) is 0 Å². The molecule has 1 atom stereocenters. The summed E-state index contributed by atoms with van der Waals surface area (Å²) in [5.74, 6) is -0.996. The van der Waals surface area contributed by atoms with Gasteiger partial charge in [-0.05, 0) is 37.5 Å². The van der Waals surface area contributed by atoms with Gasteiger partial charge in [0.1, 0.15) is 5.60 Å². The van der Waals surface area contributed by atoms with Crippen molar-refractivity contribution in [2.24, 2.45) is 0 Å². The Labute approximate surface area is 147 Å². The van der Waals surface area contributed by atoms with E-state index in [-0.39, 0.29) is 6.42 Å². The van der Waals surface area contributed by atoms with E-state index in [1.165, 1.54) is 0 Å². The summed E-state index contributed by atoms with van der Waals surface area (Å²) in [5, 5.41) is 11.9. The smallest absolute Gasteiger partial charge is 0.408 e. The molecule has 0 aliphatic heterocycles. The lowest BCUT2D eigenvalue weighted by molar-refractivity contribution is -0.137. The van der Waals surface area contributed by atoms with Crippen molar-refractivity contribution in [2.75, 3.05) is 0 Å². The van der Waals surface area contributed by atoms with Crippen LogP contribution in [0.2, 0.25) is 0 Å². The second-order valence-electron chi connectivity index (χ2n) is 6.75. The van der Waals surface area contributed by atoms with Crippen molar-refractivity contribution in [1.29, 1.82) is 0 Å². The first-order valence-corrected chi connectivity index (χ1v) is 8.12. The molecule has 0 radical (unpaired) electrons. The van der Waals surface area contributed by atoms with Crippen molar-refractivity contribution < 1.29 is 19.4 Å². The first-order valence-electron chi connectivity index (χ1n) is 8.12. The number of carbonyl (C=O) groups excluding carboxylic acids is 1. The zero-order valence-corrected chi connectivity index (χ0v) is 14.7. The molecule has 2 aromatic rings. The van der Waals surface area contributed by atoms with E-state index >= 15 is 0 Å². The summed E-state index contributed by atoms with van der Waals surface area (Å²) in [4.78, 5) is 23.5. The Morgan fingerprint density at radius 1 is 1.04 bits per heavy atom. The van der Waals surface area contributed by atoms with E-state index in [9.17, 15) is 14.7 Å². The van der Waals surface area contributed by atoms with Crippen LogP contribution in [0.4, 0.5) is 4.79 Å². The summed E-state index contributed by atoms with van der Waals surface area (Å²) < 4.78 is 5.27. The van der Waals surface area contributed by atoms with Gasteiger partial charge in [0, 0.05) is 0 Å². The standard InChI is InChI=1S/C20H23NO4/c1-20(2,3)25-19(24)21-17(13-18(22)23)16-12-8-7-11-15(16)14-9-5-4-6-10-14/h4-12,17H,13H2,1-3H3,(H,21,24)(H,22,23)/t17-/m0/s1. The van der Waals surface area contributed by atoms with E-state index in [0.717, 1.165) is 16.7 Å². The number of alkyl carbamates (subject to hydrolysis) is 1. The first kappa shape index (κ1) is 18.5. The van der Waals surface area contributed by atoms with Crippen molar-refractivity contribution in [1.82, 2.24) is 5.32 Å². The molecule has 0 spiro atoms. The maximum Gasteiger partial charge on any atom is 0.408 e. The lowest BCUT2D eigenvalue weighted by Crippen LogP contribution is -2.36. The summed E-state index contributed by atoms with van der Waals surface area (Å²) in [7, 11) is 0. The predicted octanol–water partition coefficient (Wildman–Crippen LogP) is 4.39. The number of hydrogen-bond donors (Lipinski definition) is 2. The molecule has 5 heteroatoms. The Morgan fingerprint density at radius 2 is 1.64 bits per heavy atom. The molecule has 2 aromatic carbocycles. The van der Waals surface area contributed by atoms with Gasteiger partial charge in [-0.3, -0.25) is 4.79 Å². The number of ether oxygens (including phenoxy) is 1. The van der Waals surface area contributed by atoms with Crippen LogP contribution in [-0.4, -0.2) is 22.8 Å². The summed E-state index contributed by atoms with van der Waals surface area (Å²) in [6, 6.07) is 16.4. The number of nitrogens with one attached hydrogen (secondary N) is 1. The molecule has 0 bridgehead atoms. The molecule has 0 saturated carbocycles. The first-order chi connectivity index (χ1) is 11.8. The molecule has 1 amide bonds. The molecule has 0 aromatic heterocycles. The average Bonchev–Trinajstić information content (AvgIpc) is 2.53. The fourth-order valence-electron chi connectivity index (χ4n) is 2.54. The fourth-order valence-corrected chi connectivity index (χ4v) is 2.54. The van der Waals surface area contributed by atoms with E-state index < -0.39 is 23.7 Å². The Kier molecular flexibility index (Phi) is 5.80. The van der Waals surface area contributed by atoms with E-state index in [2.05, 4.69) is 5.32 Å². The minimum absolute atomic E-state index is 0.233. The number of hydrogen-bond acceptors (Lipinski definition) is 3. The van der Waals surface area contributed by atoms with Crippen molar-refractivity contribution >= 4 is 12.1 Å². The van der Waals surface area contributed by atoms with E-state index in [1.54, 1.807) is 20.8 Å². The summed E-state index contributed by atoms with van der Waals surface area (Å²) in [5.41, 5.74) is 1.92.